The van der Waals surface area contributed by atoms with Crippen LogP contribution in [0.25, 0.3) is 22.3 Å². The van der Waals surface area contributed by atoms with E-state index in [0.717, 1.165) is 6.07 Å². The Balaban J connectivity index is 2.45. The molecule has 1 heterocycles. The molecule has 0 spiro atoms. The highest BCUT2D eigenvalue weighted by Crippen LogP contribution is 2.38. The van der Waals surface area contributed by atoms with E-state index in [9.17, 15) is 20.1 Å². The molecule has 0 saturated carbocycles. The Morgan fingerprint density at radius 2 is 1.70 bits per heavy atom. The van der Waals surface area contributed by atoms with Crippen LogP contribution in [0.3, 0.4) is 0 Å². The molecule has 0 aliphatic heterocycles. The average molecular weight is 314 g/mol. The van der Waals surface area contributed by atoms with E-state index in [1.807, 2.05) is 0 Å². The highest BCUT2D eigenvalue weighted by Gasteiger charge is 2.21. The highest BCUT2D eigenvalue weighted by atomic mass is 16.5. The average Bonchev–Trinajstić information content (AvgIpc) is 2.52. The summed E-state index contributed by atoms with van der Waals surface area (Å²) in [7, 11) is 1.33. The minimum Gasteiger partial charge on any atom is -0.508 e. The molecule has 0 amide bonds. The largest absolute Gasteiger partial charge is 0.508 e. The monoisotopic (exact) mass is 314 g/mol. The molecule has 0 saturated heterocycles. The lowest BCUT2D eigenvalue weighted by atomic mass is 10.1. The number of fused-ring (bicyclic) bond motifs is 1. The predicted molar refractivity (Wildman–Crippen MR) is 84.2 cm³/mol. The molecule has 0 aliphatic carbocycles. The maximum absolute atomic E-state index is 12.6. The minimum absolute atomic E-state index is 0.0559. The summed E-state index contributed by atoms with van der Waals surface area (Å²) in [5, 5.41) is 29.1. The van der Waals surface area contributed by atoms with Crippen LogP contribution in [-0.4, -0.2) is 22.4 Å². The molecule has 3 N–H and O–H groups in total. The van der Waals surface area contributed by atoms with Crippen molar-refractivity contribution in [1.29, 1.82) is 0 Å². The quantitative estimate of drug-likeness (QED) is 0.672. The van der Waals surface area contributed by atoms with E-state index < -0.39 is 5.43 Å². The molecular formula is C17H14O6. The topological polar surface area (TPSA) is 100 Å². The third-order valence-corrected chi connectivity index (χ3v) is 3.66. The van der Waals surface area contributed by atoms with E-state index in [1.165, 1.54) is 19.2 Å². The van der Waals surface area contributed by atoms with Gasteiger partial charge >= 0.3 is 0 Å². The lowest BCUT2D eigenvalue weighted by Crippen LogP contribution is -2.08. The first-order valence-corrected chi connectivity index (χ1v) is 6.79. The number of hydrogen-bond acceptors (Lipinski definition) is 6. The highest BCUT2D eigenvalue weighted by molar-refractivity contribution is 5.90. The van der Waals surface area contributed by atoms with Crippen LogP contribution in [0.15, 0.2) is 39.5 Å². The van der Waals surface area contributed by atoms with E-state index in [1.54, 1.807) is 19.1 Å². The van der Waals surface area contributed by atoms with Gasteiger partial charge in [0.1, 0.15) is 28.2 Å². The SMILES string of the molecule is COc1c(-c2ccc(O)cc2)oc2c(C)c(O)cc(O)c2c1=O. The van der Waals surface area contributed by atoms with Crippen LogP contribution >= 0.6 is 0 Å². The van der Waals surface area contributed by atoms with Gasteiger partial charge in [-0.05, 0) is 31.2 Å². The van der Waals surface area contributed by atoms with Gasteiger partial charge in [-0.25, -0.2) is 0 Å². The Morgan fingerprint density at radius 3 is 2.30 bits per heavy atom. The van der Waals surface area contributed by atoms with Gasteiger partial charge in [0, 0.05) is 17.2 Å². The standard InChI is InChI=1S/C17H14O6/c1-8-11(19)7-12(20)13-14(21)17(22-2)16(23-15(8)13)9-3-5-10(18)6-4-9/h3-7,18-20H,1-2H3. The molecule has 6 heteroatoms. The van der Waals surface area contributed by atoms with Gasteiger partial charge < -0.3 is 24.5 Å². The smallest absolute Gasteiger partial charge is 0.239 e. The fourth-order valence-corrected chi connectivity index (χ4v) is 2.43. The number of aryl methyl sites for hydroxylation is 1. The molecule has 0 unspecified atom stereocenters. The van der Waals surface area contributed by atoms with Crippen molar-refractivity contribution in [3.63, 3.8) is 0 Å². The van der Waals surface area contributed by atoms with Crippen molar-refractivity contribution in [3.8, 4) is 34.3 Å². The normalized spacial score (nSPS) is 10.9. The second-order valence-electron chi connectivity index (χ2n) is 5.08. The fraction of sp³-hybridized carbons (Fsp3) is 0.118. The number of ether oxygens (including phenoxy) is 1. The molecule has 6 nitrogen and oxygen atoms in total. The van der Waals surface area contributed by atoms with Crippen molar-refractivity contribution in [2.24, 2.45) is 0 Å². The third kappa shape index (κ3) is 2.24. The second-order valence-corrected chi connectivity index (χ2v) is 5.08. The molecule has 1 aromatic heterocycles. The van der Waals surface area contributed by atoms with Crippen molar-refractivity contribution in [1.82, 2.24) is 0 Å². The lowest BCUT2D eigenvalue weighted by Gasteiger charge is -2.12. The molecular weight excluding hydrogens is 300 g/mol. The van der Waals surface area contributed by atoms with Gasteiger partial charge in [0.15, 0.2) is 5.76 Å². The van der Waals surface area contributed by atoms with E-state index in [2.05, 4.69) is 0 Å². The number of aromatic hydroxyl groups is 3. The Morgan fingerprint density at radius 1 is 1.04 bits per heavy atom. The molecule has 3 aromatic rings. The van der Waals surface area contributed by atoms with Gasteiger partial charge in [0.2, 0.25) is 11.2 Å². The van der Waals surface area contributed by atoms with Crippen molar-refractivity contribution in [3.05, 3.63) is 46.1 Å². The molecule has 3 rings (SSSR count). The first-order valence-electron chi connectivity index (χ1n) is 6.79. The van der Waals surface area contributed by atoms with Crippen LogP contribution in [0, 0.1) is 6.92 Å². The van der Waals surface area contributed by atoms with Gasteiger partial charge in [0.05, 0.1) is 7.11 Å². The summed E-state index contributed by atoms with van der Waals surface area (Å²) in [5.41, 5.74) is 0.382. The molecule has 118 valence electrons. The first kappa shape index (κ1) is 14.8. The van der Waals surface area contributed by atoms with Crippen molar-refractivity contribution >= 4 is 11.0 Å². The van der Waals surface area contributed by atoms with Crippen LogP contribution in [0.2, 0.25) is 0 Å². The number of methoxy groups -OCH3 is 1. The van der Waals surface area contributed by atoms with Crippen LogP contribution in [-0.2, 0) is 0 Å². The van der Waals surface area contributed by atoms with Crippen LogP contribution in [0.1, 0.15) is 5.56 Å². The van der Waals surface area contributed by atoms with Gasteiger partial charge in [-0.2, -0.15) is 0 Å². The second kappa shape index (κ2) is 5.24. The van der Waals surface area contributed by atoms with Crippen molar-refractivity contribution in [2.45, 2.75) is 6.92 Å². The summed E-state index contributed by atoms with van der Waals surface area (Å²) in [6, 6.07) is 7.13. The summed E-state index contributed by atoms with van der Waals surface area (Å²) in [4.78, 5) is 12.6. The predicted octanol–water partition coefficient (Wildman–Crippen LogP) is 2.89. The van der Waals surface area contributed by atoms with Gasteiger partial charge in [-0.3, -0.25) is 4.79 Å². The molecule has 0 aliphatic rings. The zero-order valence-electron chi connectivity index (χ0n) is 12.5. The molecule has 2 aromatic carbocycles. The molecule has 0 radical (unpaired) electrons. The van der Waals surface area contributed by atoms with Crippen LogP contribution < -0.4 is 10.2 Å². The number of rotatable bonds is 2. The fourth-order valence-electron chi connectivity index (χ4n) is 2.43. The van der Waals surface area contributed by atoms with Crippen LogP contribution in [0.4, 0.5) is 0 Å². The number of phenolic OH excluding ortho intramolecular Hbond substituents is 3. The lowest BCUT2D eigenvalue weighted by molar-refractivity contribution is 0.396. The third-order valence-electron chi connectivity index (χ3n) is 3.66. The number of hydrogen-bond donors (Lipinski definition) is 3. The van der Waals surface area contributed by atoms with Gasteiger partial charge in [-0.1, -0.05) is 0 Å². The summed E-state index contributed by atoms with van der Waals surface area (Å²) in [6.45, 7) is 1.58. The Kier molecular flexibility index (Phi) is 3.37. The summed E-state index contributed by atoms with van der Waals surface area (Å²) >= 11 is 0. The number of benzene rings is 2. The summed E-state index contributed by atoms with van der Waals surface area (Å²) in [6.07, 6.45) is 0. The zero-order chi connectivity index (χ0) is 16.7. The van der Waals surface area contributed by atoms with Crippen molar-refractivity contribution in [2.75, 3.05) is 7.11 Å². The van der Waals surface area contributed by atoms with E-state index in [4.69, 9.17) is 9.15 Å². The Bertz CT molecular complexity index is 954. The molecule has 0 bridgehead atoms. The maximum atomic E-state index is 12.6. The maximum Gasteiger partial charge on any atom is 0.239 e. The Hall–Kier alpha value is -3.15. The van der Waals surface area contributed by atoms with Gasteiger partial charge in [-0.15, -0.1) is 0 Å². The molecule has 23 heavy (non-hydrogen) atoms. The molecule has 0 atom stereocenters. The number of phenols is 3. The Labute approximate surface area is 130 Å². The minimum atomic E-state index is -0.544. The van der Waals surface area contributed by atoms with E-state index >= 15 is 0 Å². The summed E-state index contributed by atoms with van der Waals surface area (Å²) in [5.74, 6) is -0.406. The van der Waals surface area contributed by atoms with Crippen LogP contribution in [0.5, 0.6) is 23.0 Å². The summed E-state index contributed by atoms with van der Waals surface area (Å²) < 4.78 is 10.9. The molecule has 0 fully saturated rings. The van der Waals surface area contributed by atoms with Crippen molar-refractivity contribution < 1.29 is 24.5 Å². The first-order chi connectivity index (χ1) is 10.9. The zero-order valence-corrected chi connectivity index (χ0v) is 12.5. The van der Waals surface area contributed by atoms with Gasteiger partial charge in [0.25, 0.3) is 0 Å². The van der Waals surface area contributed by atoms with E-state index in [-0.39, 0.29) is 39.7 Å². The van der Waals surface area contributed by atoms with E-state index in [0.29, 0.717) is 11.1 Å².